The Morgan fingerprint density at radius 3 is 2.69 bits per heavy atom. The number of anilines is 1. The first-order chi connectivity index (χ1) is 6.25. The molecule has 0 aromatic heterocycles. The maximum absolute atomic E-state index is 11.4. The summed E-state index contributed by atoms with van der Waals surface area (Å²) in [6.07, 6.45) is 0. The highest BCUT2D eigenvalue weighted by molar-refractivity contribution is 6.54. The fourth-order valence-electron chi connectivity index (χ4n) is 1.35. The van der Waals surface area contributed by atoms with Crippen molar-refractivity contribution >= 4 is 17.3 Å². The number of carbonyl (C=O) groups is 1. The molecule has 0 bridgehead atoms. The van der Waals surface area contributed by atoms with Gasteiger partial charge in [-0.3, -0.25) is 4.79 Å². The molecule has 0 spiro atoms. The topological polar surface area (TPSA) is 84.7 Å². The Bertz CT molecular complexity index is 399. The fourth-order valence-corrected chi connectivity index (χ4v) is 1.35. The van der Waals surface area contributed by atoms with Crippen LogP contribution in [0.3, 0.4) is 0 Å². The van der Waals surface area contributed by atoms with Crippen LogP contribution >= 0.6 is 0 Å². The summed E-state index contributed by atoms with van der Waals surface area (Å²) in [6, 6.07) is 7.10. The van der Waals surface area contributed by atoms with Gasteiger partial charge in [0.25, 0.3) is 5.91 Å². The summed E-state index contributed by atoms with van der Waals surface area (Å²) in [4.78, 5) is 11.4. The van der Waals surface area contributed by atoms with E-state index in [1.165, 1.54) is 0 Å². The van der Waals surface area contributed by atoms with Crippen molar-refractivity contribution in [1.29, 1.82) is 0 Å². The van der Waals surface area contributed by atoms with Crippen LogP contribution in [0.5, 0.6) is 0 Å². The summed E-state index contributed by atoms with van der Waals surface area (Å²) in [6.45, 7) is 0. The van der Waals surface area contributed by atoms with Gasteiger partial charge in [0.15, 0.2) is 5.71 Å². The first-order valence-corrected chi connectivity index (χ1v) is 3.72. The van der Waals surface area contributed by atoms with Gasteiger partial charge in [-0.05, 0) is 6.07 Å². The van der Waals surface area contributed by atoms with Gasteiger partial charge in [0.05, 0.1) is 5.69 Å². The molecular formula is C8H8N4O. The number of amides is 1. The standard InChI is InChI=1S/C8H8N4O/c9-11-7-5-3-1-2-4-6(5)12(10)8(7)13/h1-4H,9-10H2/b11-7-. The lowest BCUT2D eigenvalue weighted by molar-refractivity contribution is -0.112. The Kier molecular flexibility index (Phi) is 1.53. The third-order valence-corrected chi connectivity index (χ3v) is 1.97. The molecule has 5 heteroatoms. The highest BCUT2D eigenvalue weighted by Crippen LogP contribution is 2.25. The van der Waals surface area contributed by atoms with Crippen molar-refractivity contribution < 1.29 is 4.79 Å². The van der Waals surface area contributed by atoms with Crippen LogP contribution in [0, 0.1) is 0 Å². The minimum Gasteiger partial charge on any atom is -0.322 e. The zero-order chi connectivity index (χ0) is 9.42. The van der Waals surface area contributed by atoms with Crippen LogP contribution in [0.2, 0.25) is 0 Å². The monoisotopic (exact) mass is 176 g/mol. The molecule has 5 nitrogen and oxygen atoms in total. The minimum atomic E-state index is -0.372. The molecule has 2 rings (SSSR count). The summed E-state index contributed by atoms with van der Waals surface area (Å²) < 4.78 is 0. The molecule has 1 aliphatic rings. The smallest absolute Gasteiger partial charge is 0.293 e. The van der Waals surface area contributed by atoms with Gasteiger partial charge in [-0.2, -0.15) is 5.10 Å². The highest BCUT2D eigenvalue weighted by atomic mass is 16.2. The molecule has 66 valence electrons. The first-order valence-electron chi connectivity index (χ1n) is 3.72. The summed E-state index contributed by atoms with van der Waals surface area (Å²) in [5.74, 6) is 10.2. The van der Waals surface area contributed by atoms with Crippen molar-refractivity contribution in [2.24, 2.45) is 16.8 Å². The van der Waals surface area contributed by atoms with E-state index >= 15 is 0 Å². The number of carbonyl (C=O) groups excluding carboxylic acids is 1. The van der Waals surface area contributed by atoms with E-state index in [1.54, 1.807) is 24.3 Å². The van der Waals surface area contributed by atoms with Gasteiger partial charge in [-0.1, -0.05) is 18.2 Å². The molecule has 1 heterocycles. The van der Waals surface area contributed by atoms with Gasteiger partial charge in [0, 0.05) is 5.56 Å². The SMILES string of the molecule is N/N=C1\C(=O)N(N)c2ccccc21. The zero-order valence-electron chi connectivity index (χ0n) is 6.77. The van der Waals surface area contributed by atoms with E-state index < -0.39 is 0 Å². The third-order valence-electron chi connectivity index (χ3n) is 1.97. The van der Waals surface area contributed by atoms with Gasteiger partial charge in [0.1, 0.15) is 0 Å². The number of hydrazine groups is 1. The number of hydrogen-bond donors (Lipinski definition) is 2. The molecule has 4 N–H and O–H groups in total. The summed E-state index contributed by atoms with van der Waals surface area (Å²) in [5, 5.41) is 4.45. The van der Waals surface area contributed by atoms with Crippen molar-refractivity contribution in [2.45, 2.75) is 0 Å². The molecule has 1 amide bonds. The van der Waals surface area contributed by atoms with Gasteiger partial charge >= 0.3 is 0 Å². The van der Waals surface area contributed by atoms with Crippen molar-refractivity contribution in [2.75, 3.05) is 5.01 Å². The molecule has 1 aliphatic heterocycles. The maximum atomic E-state index is 11.4. The lowest BCUT2D eigenvalue weighted by atomic mass is 10.1. The molecule has 0 saturated heterocycles. The molecule has 1 aromatic carbocycles. The molecule has 0 atom stereocenters. The summed E-state index contributed by atoms with van der Waals surface area (Å²) >= 11 is 0. The Morgan fingerprint density at radius 2 is 2.00 bits per heavy atom. The molecule has 0 aliphatic carbocycles. The Labute approximate surface area is 74.6 Å². The first kappa shape index (κ1) is 7.75. The fraction of sp³-hybridized carbons (Fsp3) is 0. The van der Waals surface area contributed by atoms with E-state index in [1.807, 2.05) is 0 Å². The number of nitrogens with two attached hydrogens (primary N) is 2. The van der Waals surface area contributed by atoms with E-state index in [2.05, 4.69) is 5.10 Å². The van der Waals surface area contributed by atoms with Gasteiger partial charge in [-0.15, -0.1) is 0 Å². The van der Waals surface area contributed by atoms with Crippen LogP contribution in [0.15, 0.2) is 29.4 Å². The van der Waals surface area contributed by atoms with Crippen LogP contribution in [0.4, 0.5) is 5.69 Å². The number of rotatable bonds is 0. The molecule has 0 fully saturated rings. The Balaban J connectivity index is 2.67. The number of fused-ring (bicyclic) bond motifs is 1. The quantitative estimate of drug-likeness (QED) is 0.319. The van der Waals surface area contributed by atoms with Crippen molar-refractivity contribution in [3.63, 3.8) is 0 Å². The van der Waals surface area contributed by atoms with Crippen LogP contribution < -0.4 is 16.7 Å². The summed E-state index contributed by atoms with van der Waals surface area (Å²) in [5.41, 5.74) is 1.52. The van der Waals surface area contributed by atoms with E-state index in [-0.39, 0.29) is 11.6 Å². The normalized spacial score (nSPS) is 18.1. The van der Waals surface area contributed by atoms with Gasteiger partial charge in [-0.25, -0.2) is 10.9 Å². The highest BCUT2D eigenvalue weighted by Gasteiger charge is 2.31. The van der Waals surface area contributed by atoms with E-state index in [9.17, 15) is 4.79 Å². The van der Waals surface area contributed by atoms with E-state index in [4.69, 9.17) is 11.7 Å². The lowest BCUT2D eigenvalue weighted by Gasteiger charge is -2.06. The number of benzene rings is 1. The Morgan fingerprint density at radius 1 is 1.31 bits per heavy atom. The van der Waals surface area contributed by atoms with Crippen LogP contribution in [-0.4, -0.2) is 11.6 Å². The summed E-state index contributed by atoms with van der Waals surface area (Å²) in [7, 11) is 0. The molecular weight excluding hydrogens is 168 g/mol. The van der Waals surface area contributed by atoms with Crippen LogP contribution in [0.1, 0.15) is 5.56 Å². The van der Waals surface area contributed by atoms with Crippen molar-refractivity contribution in [3.8, 4) is 0 Å². The van der Waals surface area contributed by atoms with Gasteiger partial charge in [0.2, 0.25) is 0 Å². The number of hydrogen-bond acceptors (Lipinski definition) is 4. The Hall–Kier alpha value is -1.88. The predicted octanol–water partition coefficient (Wildman–Crippen LogP) is -0.430. The number of hydrazone groups is 1. The van der Waals surface area contributed by atoms with E-state index in [0.29, 0.717) is 11.3 Å². The van der Waals surface area contributed by atoms with Crippen molar-refractivity contribution in [3.05, 3.63) is 29.8 Å². The molecule has 0 radical (unpaired) electrons. The minimum absolute atomic E-state index is 0.207. The van der Waals surface area contributed by atoms with Crippen LogP contribution in [-0.2, 0) is 4.79 Å². The molecule has 13 heavy (non-hydrogen) atoms. The third kappa shape index (κ3) is 0.907. The number of nitrogens with zero attached hydrogens (tertiary/aromatic N) is 2. The van der Waals surface area contributed by atoms with Crippen molar-refractivity contribution in [1.82, 2.24) is 0 Å². The largest absolute Gasteiger partial charge is 0.322 e. The molecule has 1 aromatic rings. The van der Waals surface area contributed by atoms with Crippen LogP contribution in [0.25, 0.3) is 0 Å². The maximum Gasteiger partial charge on any atom is 0.293 e. The predicted molar refractivity (Wildman–Crippen MR) is 48.8 cm³/mol. The van der Waals surface area contributed by atoms with E-state index in [0.717, 1.165) is 5.01 Å². The molecule has 0 saturated carbocycles. The number of para-hydroxylation sites is 1. The second-order valence-corrected chi connectivity index (χ2v) is 2.67. The zero-order valence-corrected chi connectivity index (χ0v) is 6.77. The second-order valence-electron chi connectivity index (χ2n) is 2.67. The second kappa shape index (κ2) is 2.56. The average Bonchev–Trinajstić information content (AvgIpc) is 2.41. The van der Waals surface area contributed by atoms with Gasteiger partial charge < -0.3 is 5.84 Å². The lowest BCUT2D eigenvalue weighted by Crippen LogP contribution is -2.36. The molecule has 0 unspecified atom stereocenters. The average molecular weight is 176 g/mol.